The van der Waals surface area contributed by atoms with Gasteiger partial charge in [0.1, 0.15) is 0 Å². The molecule has 0 bridgehead atoms. The Kier molecular flexibility index (Phi) is 13.2. The summed E-state index contributed by atoms with van der Waals surface area (Å²) in [5.41, 5.74) is 5.48. The fourth-order valence-electron chi connectivity index (χ4n) is 1.32. The van der Waals surface area contributed by atoms with Crippen molar-refractivity contribution in [1.82, 2.24) is 0 Å². The molecule has 0 amide bonds. The molecule has 4 nitrogen and oxygen atoms in total. The molecule has 0 spiro atoms. The van der Waals surface area contributed by atoms with Crippen LogP contribution in [0.2, 0.25) is 6.04 Å². The van der Waals surface area contributed by atoms with E-state index in [2.05, 4.69) is 0 Å². The van der Waals surface area contributed by atoms with E-state index in [4.69, 9.17) is 19.0 Å². The van der Waals surface area contributed by atoms with Crippen LogP contribution in [-0.2, 0) is 13.3 Å². The zero-order valence-electron chi connectivity index (χ0n) is 9.95. The Labute approximate surface area is 105 Å². The molecule has 6 heteroatoms. The molecule has 0 aliphatic heterocycles. The number of nitrogens with two attached hydrogens (primary N) is 1. The van der Waals surface area contributed by atoms with Crippen molar-refractivity contribution in [3.8, 4) is 0 Å². The lowest BCUT2D eigenvalue weighted by Crippen LogP contribution is -2.46. The molecule has 0 saturated carbocycles. The summed E-state index contributed by atoms with van der Waals surface area (Å²) in [4.78, 5) is 0. The first-order chi connectivity index (χ1) is 6.74. The zero-order chi connectivity index (χ0) is 10.9. The second-order valence-corrected chi connectivity index (χ2v) is 5.61. The zero-order valence-corrected chi connectivity index (χ0v) is 12.7. The Morgan fingerprint density at radius 3 is 1.60 bits per heavy atom. The van der Waals surface area contributed by atoms with Crippen molar-refractivity contribution >= 4 is 25.8 Å². The largest absolute Gasteiger partial charge is 0.500 e. The van der Waals surface area contributed by atoms with Gasteiger partial charge in [0.15, 0.2) is 0 Å². The molecule has 2 N–H and O–H groups in total. The van der Waals surface area contributed by atoms with Crippen LogP contribution in [0.25, 0.3) is 0 Å². The van der Waals surface area contributed by atoms with Crippen LogP contribution in [0.1, 0.15) is 27.2 Å². The van der Waals surface area contributed by atoms with Gasteiger partial charge in [-0.25, -0.2) is 0 Å². The predicted molar refractivity (Wildman–Crippen MR) is 69.4 cm³/mol. The highest BCUT2D eigenvalue weighted by Gasteiger charge is 2.39. The van der Waals surface area contributed by atoms with Crippen molar-refractivity contribution < 1.29 is 13.3 Å². The fourth-order valence-corrected chi connectivity index (χ4v) is 3.96. The molecule has 0 fully saturated rings. The van der Waals surface area contributed by atoms with E-state index >= 15 is 0 Å². The maximum absolute atomic E-state index is 5.65. The number of hydrogen-bond donors (Lipinski definition) is 1. The minimum atomic E-state index is -2.40. The van der Waals surface area contributed by atoms with Gasteiger partial charge in [-0.05, 0) is 33.7 Å². The number of rotatable bonds is 9. The molecule has 0 unspecified atom stereocenters. The van der Waals surface area contributed by atoms with E-state index in [0.717, 1.165) is 12.5 Å². The van der Waals surface area contributed by atoms with Crippen LogP contribution in [0, 0.1) is 0 Å². The van der Waals surface area contributed by atoms with Crippen molar-refractivity contribution in [2.75, 3.05) is 26.4 Å². The summed E-state index contributed by atoms with van der Waals surface area (Å²) in [6.45, 7) is 8.44. The second-order valence-electron chi connectivity index (χ2n) is 2.87. The van der Waals surface area contributed by atoms with Crippen LogP contribution in [0.15, 0.2) is 0 Å². The molecule has 0 radical (unpaired) electrons. The van der Waals surface area contributed by atoms with E-state index in [-0.39, 0.29) is 17.0 Å². The van der Waals surface area contributed by atoms with Gasteiger partial charge in [0.2, 0.25) is 0 Å². The lowest BCUT2D eigenvalue weighted by atomic mass is 10.5. The lowest BCUT2D eigenvalue weighted by Gasteiger charge is -2.28. The van der Waals surface area contributed by atoms with Gasteiger partial charge in [0.05, 0.1) is 0 Å². The van der Waals surface area contributed by atoms with E-state index in [9.17, 15) is 0 Å². The Hall–Kier alpha value is 0.537. The first-order valence-corrected chi connectivity index (χ1v) is 7.29. The Bertz CT molecular complexity index is 124. The van der Waals surface area contributed by atoms with E-state index in [0.29, 0.717) is 26.4 Å². The maximum Gasteiger partial charge on any atom is 0.500 e. The first-order valence-electron chi connectivity index (χ1n) is 5.36. The molecular weight excluding hydrogens is 278 g/mol. The molecule has 0 atom stereocenters. The summed E-state index contributed by atoms with van der Waals surface area (Å²) < 4.78 is 17.0. The average molecular weight is 302 g/mol. The molecule has 0 aliphatic rings. The normalized spacial score (nSPS) is 11.2. The quantitative estimate of drug-likeness (QED) is 0.662. The molecule has 0 rings (SSSR count). The summed E-state index contributed by atoms with van der Waals surface area (Å²) in [5.74, 6) is 0. The standard InChI is InChI=1S/C9H23NO3Si.BrH/c1-4-11-14(12-5-2,13-6-3)9-7-8-10;/h4-10H2,1-3H3;1H. The lowest BCUT2D eigenvalue weighted by molar-refractivity contribution is 0.0710. The molecular formula is C9H24BrNO3Si. The minimum Gasteiger partial charge on any atom is -0.374 e. The molecule has 0 heterocycles. The highest BCUT2D eigenvalue weighted by molar-refractivity contribution is 8.93. The Morgan fingerprint density at radius 1 is 0.933 bits per heavy atom. The van der Waals surface area contributed by atoms with E-state index in [1.54, 1.807) is 0 Å². The smallest absolute Gasteiger partial charge is 0.374 e. The van der Waals surface area contributed by atoms with Gasteiger partial charge < -0.3 is 19.0 Å². The van der Waals surface area contributed by atoms with Crippen LogP contribution >= 0.6 is 17.0 Å². The summed E-state index contributed by atoms with van der Waals surface area (Å²) in [6, 6.07) is 0.818. The third-order valence-electron chi connectivity index (χ3n) is 1.78. The number of hydrogen-bond acceptors (Lipinski definition) is 4. The summed E-state index contributed by atoms with van der Waals surface area (Å²) >= 11 is 0. The van der Waals surface area contributed by atoms with Gasteiger partial charge >= 0.3 is 8.80 Å². The topological polar surface area (TPSA) is 53.7 Å². The van der Waals surface area contributed by atoms with Gasteiger partial charge in [-0.15, -0.1) is 17.0 Å². The van der Waals surface area contributed by atoms with E-state index in [1.165, 1.54) is 0 Å². The fraction of sp³-hybridized carbons (Fsp3) is 1.00. The van der Waals surface area contributed by atoms with Crippen molar-refractivity contribution in [3.05, 3.63) is 0 Å². The van der Waals surface area contributed by atoms with Crippen molar-refractivity contribution in [2.24, 2.45) is 5.73 Å². The minimum absolute atomic E-state index is 0. The monoisotopic (exact) mass is 301 g/mol. The summed E-state index contributed by atoms with van der Waals surface area (Å²) in [5, 5.41) is 0. The summed E-state index contributed by atoms with van der Waals surface area (Å²) in [7, 11) is -2.40. The van der Waals surface area contributed by atoms with Crippen LogP contribution in [0.4, 0.5) is 0 Å². The maximum atomic E-state index is 5.65. The van der Waals surface area contributed by atoms with Gasteiger partial charge in [-0.2, -0.15) is 0 Å². The van der Waals surface area contributed by atoms with E-state index < -0.39 is 8.80 Å². The summed E-state index contributed by atoms with van der Waals surface area (Å²) in [6.07, 6.45) is 0.895. The van der Waals surface area contributed by atoms with Gasteiger partial charge in [0.25, 0.3) is 0 Å². The molecule has 0 aromatic heterocycles. The number of halogens is 1. The van der Waals surface area contributed by atoms with Gasteiger partial charge in [0, 0.05) is 25.9 Å². The van der Waals surface area contributed by atoms with Crippen LogP contribution in [-0.4, -0.2) is 35.2 Å². The van der Waals surface area contributed by atoms with Crippen molar-refractivity contribution in [2.45, 2.75) is 33.2 Å². The molecule has 0 aliphatic carbocycles. The van der Waals surface area contributed by atoms with Crippen molar-refractivity contribution in [3.63, 3.8) is 0 Å². The van der Waals surface area contributed by atoms with Crippen LogP contribution < -0.4 is 5.73 Å². The third kappa shape index (κ3) is 7.43. The highest BCUT2D eigenvalue weighted by Crippen LogP contribution is 2.17. The Balaban J connectivity index is 0. The van der Waals surface area contributed by atoms with Crippen molar-refractivity contribution in [1.29, 1.82) is 0 Å². The van der Waals surface area contributed by atoms with E-state index in [1.807, 2.05) is 20.8 Å². The van der Waals surface area contributed by atoms with Gasteiger partial charge in [-0.3, -0.25) is 0 Å². The SMILES string of the molecule is Br.CCO[Si](CCCN)(OCC)OCC. The molecule has 15 heavy (non-hydrogen) atoms. The van der Waals surface area contributed by atoms with Crippen LogP contribution in [0.3, 0.4) is 0 Å². The predicted octanol–water partition coefficient (Wildman–Crippen LogP) is 1.96. The van der Waals surface area contributed by atoms with Gasteiger partial charge in [-0.1, -0.05) is 0 Å². The molecule has 0 aromatic carbocycles. The highest BCUT2D eigenvalue weighted by atomic mass is 79.9. The first kappa shape index (κ1) is 17.9. The molecule has 94 valence electrons. The molecule has 0 aromatic rings. The second kappa shape index (κ2) is 11.0. The average Bonchev–Trinajstić information content (AvgIpc) is 2.16. The third-order valence-corrected chi connectivity index (χ3v) is 4.93. The Morgan fingerprint density at radius 2 is 1.33 bits per heavy atom. The molecule has 0 saturated heterocycles. The van der Waals surface area contributed by atoms with Crippen LogP contribution in [0.5, 0.6) is 0 Å².